The van der Waals surface area contributed by atoms with Crippen LogP contribution < -0.4 is 4.90 Å². The molecule has 0 radical (unpaired) electrons. The minimum absolute atomic E-state index is 0.0592. The molecule has 1 aromatic carbocycles. The van der Waals surface area contributed by atoms with Crippen LogP contribution in [-0.2, 0) is 22.5 Å². The van der Waals surface area contributed by atoms with E-state index in [-0.39, 0.29) is 18.4 Å². The number of aryl methyl sites for hydroxylation is 1. The minimum Gasteiger partial charge on any atom is -0.385 e. The molecule has 0 fully saturated rings. The number of amides is 2. The normalized spacial score (nSPS) is 13.3. The van der Waals surface area contributed by atoms with Crippen molar-refractivity contribution in [2.24, 2.45) is 0 Å². The quantitative estimate of drug-likeness (QED) is 0.533. The third-order valence-corrected chi connectivity index (χ3v) is 5.70. The van der Waals surface area contributed by atoms with Gasteiger partial charge in [0.1, 0.15) is 11.6 Å². The third kappa shape index (κ3) is 4.31. The number of carbonyl (C=O) groups is 2. The lowest BCUT2D eigenvalue weighted by Crippen LogP contribution is -2.38. The van der Waals surface area contributed by atoms with Crippen LogP contribution >= 0.6 is 0 Å². The smallest absolute Gasteiger partial charge is 0.256 e. The lowest BCUT2D eigenvalue weighted by Gasteiger charge is -2.29. The number of aromatic nitrogens is 3. The number of hydrogen-bond donors (Lipinski definition) is 0. The van der Waals surface area contributed by atoms with E-state index >= 15 is 0 Å². The van der Waals surface area contributed by atoms with Crippen LogP contribution in [0.3, 0.4) is 0 Å². The van der Waals surface area contributed by atoms with Gasteiger partial charge in [0.2, 0.25) is 5.91 Å². The molecule has 166 valence electrons. The molecule has 3 heterocycles. The van der Waals surface area contributed by atoms with Crippen LogP contribution in [0.1, 0.15) is 40.3 Å². The van der Waals surface area contributed by atoms with Gasteiger partial charge in [-0.3, -0.25) is 19.5 Å². The van der Waals surface area contributed by atoms with Crippen molar-refractivity contribution >= 4 is 28.5 Å². The molecule has 0 atom stereocenters. The molecular formula is C24H27N5O3. The molecule has 0 aliphatic carbocycles. The second-order valence-corrected chi connectivity index (χ2v) is 7.96. The fourth-order valence-electron chi connectivity index (χ4n) is 4.07. The maximum absolute atomic E-state index is 13.2. The minimum atomic E-state index is -0.152. The summed E-state index contributed by atoms with van der Waals surface area (Å²) in [5.74, 6) is 1.08. The molecule has 0 N–H and O–H groups in total. The Labute approximate surface area is 187 Å². The number of fused-ring (bicyclic) bond motifs is 2. The van der Waals surface area contributed by atoms with E-state index in [0.717, 1.165) is 23.1 Å². The van der Waals surface area contributed by atoms with Crippen LogP contribution in [0.15, 0.2) is 36.5 Å². The number of para-hydroxylation sites is 1. The number of hydrogen-bond acceptors (Lipinski definition) is 6. The molecule has 0 saturated carbocycles. The molecule has 8 heteroatoms. The molecule has 2 aromatic heterocycles. The van der Waals surface area contributed by atoms with E-state index in [1.165, 1.54) is 0 Å². The zero-order valence-electron chi connectivity index (χ0n) is 18.7. The fourth-order valence-corrected chi connectivity index (χ4v) is 4.07. The Morgan fingerprint density at radius 2 is 2.00 bits per heavy atom. The second-order valence-electron chi connectivity index (χ2n) is 7.96. The summed E-state index contributed by atoms with van der Waals surface area (Å²) in [6.45, 7) is 3.29. The average Bonchev–Trinajstić information content (AvgIpc) is 2.79. The lowest BCUT2D eigenvalue weighted by atomic mass is 10.0. The van der Waals surface area contributed by atoms with E-state index in [2.05, 4.69) is 9.97 Å². The van der Waals surface area contributed by atoms with Gasteiger partial charge in [0, 0.05) is 56.6 Å². The predicted octanol–water partition coefficient (Wildman–Crippen LogP) is 2.92. The molecule has 8 nitrogen and oxygen atoms in total. The topological polar surface area (TPSA) is 88.5 Å². The number of benzene rings is 1. The van der Waals surface area contributed by atoms with Gasteiger partial charge >= 0.3 is 0 Å². The third-order valence-electron chi connectivity index (χ3n) is 5.70. The van der Waals surface area contributed by atoms with Crippen molar-refractivity contribution in [1.29, 1.82) is 0 Å². The van der Waals surface area contributed by atoms with Crippen molar-refractivity contribution in [2.45, 2.75) is 32.7 Å². The Morgan fingerprint density at radius 3 is 2.81 bits per heavy atom. The largest absolute Gasteiger partial charge is 0.385 e. The van der Waals surface area contributed by atoms with Gasteiger partial charge in [0.15, 0.2) is 0 Å². The number of carbonyl (C=O) groups excluding carboxylic acids is 2. The van der Waals surface area contributed by atoms with Gasteiger partial charge in [-0.1, -0.05) is 18.2 Å². The maximum Gasteiger partial charge on any atom is 0.256 e. The van der Waals surface area contributed by atoms with Crippen LogP contribution in [0.2, 0.25) is 0 Å². The average molecular weight is 434 g/mol. The number of pyridine rings is 1. The van der Waals surface area contributed by atoms with Gasteiger partial charge in [-0.05, 0) is 31.9 Å². The molecule has 0 bridgehead atoms. The maximum atomic E-state index is 13.2. The van der Waals surface area contributed by atoms with Crippen LogP contribution in [0.5, 0.6) is 0 Å². The highest BCUT2D eigenvalue weighted by atomic mass is 16.5. The van der Waals surface area contributed by atoms with E-state index < -0.39 is 0 Å². The van der Waals surface area contributed by atoms with Gasteiger partial charge in [0.05, 0.1) is 17.6 Å². The highest BCUT2D eigenvalue weighted by Gasteiger charge is 2.28. The Hall–Kier alpha value is -3.39. The molecule has 2 amide bonds. The molecule has 32 heavy (non-hydrogen) atoms. The summed E-state index contributed by atoms with van der Waals surface area (Å²) in [5.41, 5.74) is 3.06. The fraction of sp³-hybridized carbons (Fsp3) is 0.375. The van der Waals surface area contributed by atoms with E-state index in [9.17, 15) is 9.59 Å². The SMILES string of the molecule is COCCCN1C(=O)CCc2c(C)nc(CN(C)C(=O)c3cccc4cccnc34)nc21. The van der Waals surface area contributed by atoms with Gasteiger partial charge in [-0.25, -0.2) is 9.97 Å². The summed E-state index contributed by atoms with van der Waals surface area (Å²) in [6.07, 6.45) is 3.50. The van der Waals surface area contributed by atoms with Crippen LogP contribution in [-0.4, -0.2) is 59.0 Å². The highest BCUT2D eigenvalue weighted by Crippen LogP contribution is 2.28. The summed E-state index contributed by atoms with van der Waals surface area (Å²) >= 11 is 0. The van der Waals surface area contributed by atoms with Gasteiger partial charge in [0.25, 0.3) is 5.91 Å². The zero-order valence-corrected chi connectivity index (χ0v) is 18.7. The summed E-state index contributed by atoms with van der Waals surface area (Å²) < 4.78 is 5.14. The zero-order chi connectivity index (χ0) is 22.7. The molecule has 1 aliphatic heterocycles. The van der Waals surface area contributed by atoms with Gasteiger partial charge < -0.3 is 9.64 Å². The Morgan fingerprint density at radius 1 is 1.19 bits per heavy atom. The Balaban J connectivity index is 1.60. The molecule has 0 spiro atoms. The first kappa shape index (κ1) is 21.8. The van der Waals surface area contributed by atoms with Crippen molar-refractivity contribution < 1.29 is 14.3 Å². The summed E-state index contributed by atoms with van der Waals surface area (Å²) in [5, 5.41) is 0.915. The predicted molar refractivity (Wildman–Crippen MR) is 121 cm³/mol. The van der Waals surface area contributed by atoms with E-state index in [1.54, 1.807) is 36.2 Å². The Kier molecular flexibility index (Phi) is 6.41. The molecule has 1 aliphatic rings. The first-order chi connectivity index (χ1) is 15.5. The molecule has 3 aromatic rings. The first-order valence-corrected chi connectivity index (χ1v) is 10.7. The summed E-state index contributed by atoms with van der Waals surface area (Å²) in [6, 6.07) is 9.36. The van der Waals surface area contributed by atoms with Crippen LogP contribution in [0.4, 0.5) is 5.82 Å². The van der Waals surface area contributed by atoms with E-state index in [1.807, 2.05) is 31.2 Å². The molecule has 0 unspecified atom stereocenters. The molecule has 0 saturated heterocycles. The standard InChI is InChI=1S/C24H27N5O3/c1-16-18-10-11-21(30)29(13-6-14-32-3)23(18)27-20(26-16)15-28(2)24(31)19-9-4-7-17-8-5-12-25-22(17)19/h4-5,7-9,12H,6,10-11,13-15H2,1-3H3. The second kappa shape index (κ2) is 9.40. The highest BCUT2D eigenvalue weighted by molar-refractivity contribution is 6.05. The van der Waals surface area contributed by atoms with Gasteiger partial charge in [-0.2, -0.15) is 0 Å². The van der Waals surface area contributed by atoms with E-state index in [0.29, 0.717) is 48.7 Å². The number of anilines is 1. The molecule has 4 rings (SSSR count). The van der Waals surface area contributed by atoms with Crippen molar-refractivity contribution in [2.75, 3.05) is 32.2 Å². The number of nitrogens with zero attached hydrogens (tertiary/aromatic N) is 5. The first-order valence-electron chi connectivity index (χ1n) is 10.7. The van der Waals surface area contributed by atoms with Crippen LogP contribution in [0.25, 0.3) is 10.9 Å². The Bertz CT molecular complexity index is 1160. The lowest BCUT2D eigenvalue weighted by molar-refractivity contribution is -0.119. The number of ether oxygens (including phenoxy) is 1. The summed E-state index contributed by atoms with van der Waals surface area (Å²) in [7, 11) is 3.37. The van der Waals surface area contributed by atoms with Gasteiger partial charge in [-0.15, -0.1) is 0 Å². The van der Waals surface area contributed by atoms with Crippen LogP contribution in [0, 0.1) is 6.92 Å². The summed E-state index contributed by atoms with van der Waals surface area (Å²) in [4.78, 5) is 42.8. The van der Waals surface area contributed by atoms with E-state index in [4.69, 9.17) is 9.72 Å². The van der Waals surface area contributed by atoms with Crippen molar-refractivity contribution in [1.82, 2.24) is 19.9 Å². The van der Waals surface area contributed by atoms with Crippen molar-refractivity contribution in [3.63, 3.8) is 0 Å². The van der Waals surface area contributed by atoms with Crippen molar-refractivity contribution in [3.05, 3.63) is 59.2 Å². The number of methoxy groups -OCH3 is 1. The number of rotatable bonds is 7. The van der Waals surface area contributed by atoms with Crippen molar-refractivity contribution in [3.8, 4) is 0 Å². The molecular weight excluding hydrogens is 406 g/mol. The monoisotopic (exact) mass is 433 g/mol.